The maximum Gasteiger partial charge on any atom is 0.134 e. The van der Waals surface area contributed by atoms with Crippen molar-refractivity contribution in [2.75, 3.05) is 6.61 Å². The third-order valence-corrected chi connectivity index (χ3v) is 10.6. The summed E-state index contributed by atoms with van der Waals surface area (Å²) in [6, 6.07) is 17.4. The van der Waals surface area contributed by atoms with Crippen LogP contribution in [0.3, 0.4) is 0 Å². The number of hydrogen-bond acceptors (Lipinski definition) is 1. The molecule has 6 rings (SSSR count). The van der Waals surface area contributed by atoms with Crippen LogP contribution in [0.4, 0.5) is 8.78 Å². The highest BCUT2D eigenvalue weighted by Crippen LogP contribution is 2.45. The molecule has 3 aromatic carbocycles. The van der Waals surface area contributed by atoms with Crippen molar-refractivity contribution >= 4 is 0 Å². The van der Waals surface area contributed by atoms with Gasteiger partial charge in [-0.3, -0.25) is 0 Å². The Morgan fingerprint density at radius 2 is 1.32 bits per heavy atom. The molecule has 0 N–H and O–H groups in total. The summed E-state index contributed by atoms with van der Waals surface area (Å²) in [6.07, 6.45) is 16.0. The van der Waals surface area contributed by atoms with E-state index in [4.69, 9.17) is 4.74 Å². The molecule has 1 nitrogen and oxygen atoms in total. The summed E-state index contributed by atoms with van der Waals surface area (Å²) in [5.41, 5.74) is 5.74. The number of hydrogen-bond donors (Lipinski definition) is 0. The molecule has 2 saturated carbocycles. The van der Waals surface area contributed by atoms with Crippen molar-refractivity contribution in [2.24, 2.45) is 17.8 Å². The van der Waals surface area contributed by atoms with Gasteiger partial charge in [-0.15, -0.1) is 0 Å². The van der Waals surface area contributed by atoms with Crippen LogP contribution in [0.25, 0.3) is 22.3 Å². The van der Waals surface area contributed by atoms with Crippen LogP contribution in [0.15, 0.2) is 54.6 Å². The quantitative estimate of drug-likeness (QED) is 0.189. The molecule has 0 spiro atoms. The predicted octanol–water partition coefficient (Wildman–Crippen LogP) is 11.3. The minimum Gasteiger partial charge on any atom is -0.368 e. The molecule has 3 aliphatic rings. The Labute approximate surface area is 245 Å². The van der Waals surface area contributed by atoms with E-state index in [-0.39, 0.29) is 17.7 Å². The van der Waals surface area contributed by atoms with Crippen molar-refractivity contribution in [2.45, 2.75) is 103 Å². The van der Waals surface area contributed by atoms with Crippen LogP contribution < -0.4 is 0 Å². The van der Waals surface area contributed by atoms with E-state index in [1.807, 2.05) is 49.4 Å². The monoisotopic (exact) mass is 556 g/mol. The van der Waals surface area contributed by atoms with Crippen molar-refractivity contribution in [3.63, 3.8) is 0 Å². The zero-order chi connectivity index (χ0) is 28.3. The van der Waals surface area contributed by atoms with Crippen molar-refractivity contribution in [3.05, 3.63) is 82.9 Å². The van der Waals surface area contributed by atoms with E-state index in [1.165, 1.54) is 64.2 Å². The first-order chi connectivity index (χ1) is 20.0. The summed E-state index contributed by atoms with van der Waals surface area (Å²) >= 11 is 0. The number of ether oxygens (including phenoxy) is 1. The van der Waals surface area contributed by atoms with Crippen molar-refractivity contribution in [1.82, 2.24) is 0 Å². The van der Waals surface area contributed by atoms with Crippen molar-refractivity contribution in [3.8, 4) is 22.3 Å². The third kappa shape index (κ3) is 6.46. The second kappa shape index (κ2) is 12.8. The average Bonchev–Trinajstić information content (AvgIpc) is 3.85. The Bertz CT molecular complexity index is 1310. The minimum absolute atomic E-state index is 0.0405. The van der Waals surface area contributed by atoms with E-state index in [0.717, 1.165) is 58.4 Å². The molecule has 218 valence electrons. The fraction of sp³-hybridized carbons (Fsp3) is 0.526. The van der Waals surface area contributed by atoms with Crippen molar-refractivity contribution in [1.29, 1.82) is 0 Å². The number of halogens is 2. The molecule has 3 heteroatoms. The average molecular weight is 557 g/mol. The van der Waals surface area contributed by atoms with Crippen LogP contribution in [0, 0.1) is 36.3 Å². The molecule has 0 radical (unpaired) electrons. The molecule has 1 heterocycles. The van der Waals surface area contributed by atoms with Gasteiger partial charge in [0.25, 0.3) is 0 Å². The Hall–Kier alpha value is -2.52. The SMILES string of the molecule is CCCCCC1CCC(C2CCC(c3ccc(-c4ccc(-c5ccc(C6CO6)c(C)c5F)cc4)cc3F)CC2)CC1. The van der Waals surface area contributed by atoms with Gasteiger partial charge in [0.1, 0.15) is 17.7 Å². The first-order valence-electron chi connectivity index (χ1n) is 16.3. The Balaban J connectivity index is 1.05. The minimum atomic E-state index is -0.189. The van der Waals surface area contributed by atoms with E-state index in [0.29, 0.717) is 23.7 Å². The zero-order valence-corrected chi connectivity index (χ0v) is 24.9. The van der Waals surface area contributed by atoms with Gasteiger partial charge >= 0.3 is 0 Å². The zero-order valence-electron chi connectivity index (χ0n) is 24.9. The van der Waals surface area contributed by atoms with Crippen LogP contribution in [0.2, 0.25) is 0 Å². The van der Waals surface area contributed by atoms with E-state index in [2.05, 4.69) is 13.0 Å². The molecule has 0 amide bonds. The van der Waals surface area contributed by atoms with E-state index in [1.54, 1.807) is 6.07 Å². The molecule has 3 aromatic rings. The molecule has 0 bridgehead atoms. The molecule has 2 aliphatic carbocycles. The molecule has 1 atom stereocenters. The van der Waals surface area contributed by atoms with Gasteiger partial charge in [-0.05, 0) is 109 Å². The number of benzene rings is 3. The maximum absolute atomic E-state index is 15.4. The number of epoxide rings is 1. The first kappa shape index (κ1) is 28.6. The van der Waals surface area contributed by atoms with Gasteiger partial charge in [0.15, 0.2) is 0 Å². The standard InChI is InChI=1S/C38H46F2O/c1-3-4-5-6-26-7-9-27(10-8-26)28-11-15-30(16-12-28)34-20-19-32(23-36(34)39)29-13-17-31(18-14-29)35-22-21-33(37-24-41-37)25(2)38(35)40/h13-14,17-23,26-28,30,37H,3-12,15-16,24H2,1-2H3. The molecule has 3 fully saturated rings. The van der Waals surface area contributed by atoms with Gasteiger partial charge in [0.05, 0.1) is 6.61 Å². The second-order valence-electron chi connectivity index (χ2n) is 13.2. The van der Waals surface area contributed by atoms with Gasteiger partial charge in [-0.25, -0.2) is 8.78 Å². The second-order valence-corrected chi connectivity index (χ2v) is 13.2. The number of unbranched alkanes of at least 4 members (excludes halogenated alkanes) is 2. The Morgan fingerprint density at radius 3 is 1.95 bits per heavy atom. The lowest BCUT2D eigenvalue weighted by atomic mass is 9.68. The van der Waals surface area contributed by atoms with E-state index < -0.39 is 0 Å². The normalized spacial score (nSPS) is 26.2. The third-order valence-electron chi connectivity index (χ3n) is 10.6. The maximum atomic E-state index is 15.4. The first-order valence-corrected chi connectivity index (χ1v) is 16.3. The topological polar surface area (TPSA) is 12.5 Å². The van der Waals surface area contributed by atoms with E-state index >= 15 is 8.78 Å². The molecular weight excluding hydrogens is 510 g/mol. The molecule has 1 unspecified atom stereocenters. The summed E-state index contributed by atoms with van der Waals surface area (Å²) in [6.45, 7) is 4.79. The fourth-order valence-corrected chi connectivity index (χ4v) is 7.91. The predicted molar refractivity (Wildman–Crippen MR) is 165 cm³/mol. The van der Waals surface area contributed by atoms with Crippen LogP contribution in [0.1, 0.15) is 113 Å². The largest absolute Gasteiger partial charge is 0.368 e. The molecule has 41 heavy (non-hydrogen) atoms. The van der Waals surface area contributed by atoms with Crippen LogP contribution >= 0.6 is 0 Å². The Kier molecular flexibility index (Phi) is 8.91. The summed E-state index contributed by atoms with van der Waals surface area (Å²) in [5.74, 6) is 2.78. The highest BCUT2D eigenvalue weighted by Gasteiger charge is 2.32. The van der Waals surface area contributed by atoms with Gasteiger partial charge < -0.3 is 4.74 Å². The molecular formula is C38H46F2O. The lowest BCUT2D eigenvalue weighted by Gasteiger charge is -2.38. The lowest BCUT2D eigenvalue weighted by Crippen LogP contribution is -2.25. The smallest absolute Gasteiger partial charge is 0.134 e. The fourth-order valence-electron chi connectivity index (χ4n) is 7.91. The summed E-state index contributed by atoms with van der Waals surface area (Å²) in [4.78, 5) is 0. The van der Waals surface area contributed by atoms with Crippen LogP contribution in [-0.2, 0) is 4.74 Å². The van der Waals surface area contributed by atoms with Gasteiger partial charge in [0, 0.05) is 5.56 Å². The summed E-state index contributed by atoms with van der Waals surface area (Å²) in [7, 11) is 0. The van der Waals surface area contributed by atoms with E-state index in [9.17, 15) is 0 Å². The van der Waals surface area contributed by atoms with Gasteiger partial charge in [-0.2, -0.15) is 0 Å². The van der Waals surface area contributed by atoms with Crippen LogP contribution in [-0.4, -0.2) is 6.61 Å². The number of rotatable bonds is 9. The van der Waals surface area contributed by atoms with Crippen molar-refractivity contribution < 1.29 is 13.5 Å². The lowest BCUT2D eigenvalue weighted by molar-refractivity contribution is 0.155. The Morgan fingerprint density at radius 1 is 0.707 bits per heavy atom. The van der Waals surface area contributed by atoms with Gasteiger partial charge in [0.2, 0.25) is 0 Å². The molecule has 1 aliphatic heterocycles. The highest BCUT2D eigenvalue weighted by atomic mass is 19.1. The summed E-state index contributed by atoms with van der Waals surface area (Å²) < 4.78 is 35.9. The molecule has 1 saturated heterocycles. The van der Waals surface area contributed by atoms with Gasteiger partial charge in [-0.1, -0.05) is 94.0 Å². The molecule has 0 aromatic heterocycles. The highest BCUT2D eigenvalue weighted by molar-refractivity contribution is 5.71. The van der Waals surface area contributed by atoms with Crippen LogP contribution in [0.5, 0.6) is 0 Å². The summed E-state index contributed by atoms with van der Waals surface area (Å²) in [5, 5.41) is 0.